The Bertz CT molecular complexity index is 795. The number of carbonyl (C=O) groups is 4. The second-order valence-electron chi connectivity index (χ2n) is 8.34. The average molecular weight is 447 g/mol. The first kappa shape index (κ1) is 25.3. The van der Waals surface area contributed by atoms with E-state index < -0.39 is 35.9 Å². The molecule has 1 aromatic carbocycles. The summed E-state index contributed by atoms with van der Waals surface area (Å²) in [7, 11) is 0. The van der Waals surface area contributed by atoms with Gasteiger partial charge < -0.3 is 26.4 Å². The van der Waals surface area contributed by atoms with Gasteiger partial charge in [0.25, 0.3) is 0 Å². The van der Waals surface area contributed by atoms with Gasteiger partial charge in [-0.1, -0.05) is 50.6 Å². The quantitative estimate of drug-likeness (QED) is 0.337. The number of benzene rings is 1. The predicted octanol–water partition coefficient (Wildman–Crippen LogP) is 0.586. The molecule has 176 valence electrons. The van der Waals surface area contributed by atoms with Crippen LogP contribution in [-0.2, 0) is 25.6 Å². The molecule has 0 saturated carbocycles. The van der Waals surface area contributed by atoms with Crippen LogP contribution in [0.15, 0.2) is 30.3 Å². The number of nitrogens with one attached hydrogen (secondary N) is 4. The Balaban J connectivity index is 2.01. The molecule has 1 aliphatic heterocycles. The van der Waals surface area contributed by atoms with Crippen LogP contribution in [0.3, 0.4) is 0 Å². The van der Waals surface area contributed by atoms with E-state index in [2.05, 4.69) is 21.3 Å². The Kier molecular flexibility index (Phi) is 9.64. The maximum atomic E-state index is 13.0. The molecular weight excluding hydrogens is 412 g/mol. The first-order chi connectivity index (χ1) is 15.2. The van der Waals surface area contributed by atoms with Gasteiger partial charge in [-0.05, 0) is 37.8 Å². The molecule has 32 heavy (non-hydrogen) atoms. The zero-order valence-electron chi connectivity index (χ0n) is 18.9. The number of amides is 3. The van der Waals surface area contributed by atoms with Crippen LogP contribution in [0.2, 0.25) is 0 Å². The molecule has 0 bridgehead atoms. The van der Waals surface area contributed by atoms with Crippen LogP contribution in [0.4, 0.5) is 0 Å². The summed E-state index contributed by atoms with van der Waals surface area (Å²) < 4.78 is 0. The smallest absolute Gasteiger partial charge is 0.326 e. The van der Waals surface area contributed by atoms with Crippen molar-refractivity contribution in [1.82, 2.24) is 21.3 Å². The fourth-order valence-electron chi connectivity index (χ4n) is 3.58. The molecular formula is C23H34N4O5. The van der Waals surface area contributed by atoms with Crippen molar-refractivity contribution in [2.24, 2.45) is 5.92 Å². The molecule has 2 rings (SSSR count). The summed E-state index contributed by atoms with van der Waals surface area (Å²) in [6.45, 7) is 6.02. The lowest BCUT2D eigenvalue weighted by atomic mass is 9.97. The van der Waals surface area contributed by atoms with Gasteiger partial charge in [-0.15, -0.1) is 0 Å². The molecule has 0 spiro atoms. The van der Waals surface area contributed by atoms with E-state index in [0.717, 1.165) is 24.9 Å². The van der Waals surface area contributed by atoms with Crippen LogP contribution in [0, 0.1) is 5.92 Å². The molecule has 0 radical (unpaired) electrons. The van der Waals surface area contributed by atoms with Crippen LogP contribution in [-0.4, -0.2) is 59.5 Å². The van der Waals surface area contributed by atoms with E-state index in [1.807, 2.05) is 19.9 Å². The summed E-state index contributed by atoms with van der Waals surface area (Å²) in [5.74, 6) is -2.69. The third-order valence-electron chi connectivity index (χ3n) is 5.82. The minimum Gasteiger partial charge on any atom is -0.480 e. The van der Waals surface area contributed by atoms with E-state index in [-0.39, 0.29) is 24.3 Å². The van der Waals surface area contributed by atoms with Crippen molar-refractivity contribution in [2.75, 3.05) is 6.54 Å². The van der Waals surface area contributed by atoms with Crippen LogP contribution in [0.25, 0.3) is 0 Å². The Labute approximate surface area is 188 Å². The van der Waals surface area contributed by atoms with Gasteiger partial charge >= 0.3 is 5.97 Å². The largest absolute Gasteiger partial charge is 0.480 e. The summed E-state index contributed by atoms with van der Waals surface area (Å²) in [6, 6.07) is 5.82. The highest BCUT2D eigenvalue weighted by atomic mass is 16.4. The SMILES string of the molecule is CCC(C)C(NC(=O)C(C)NC(=O)C1CCCN1)C(=O)NC(Cc1ccccc1)C(=O)O. The van der Waals surface area contributed by atoms with Crippen molar-refractivity contribution in [3.63, 3.8) is 0 Å². The van der Waals surface area contributed by atoms with Gasteiger partial charge in [0.2, 0.25) is 17.7 Å². The lowest BCUT2D eigenvalue weighted by Crippen LogP contribution is -2.58. The molecule has 1 fully saturated rings. The van der Waals surface area contributed by atoms with Crippen molar-refractivity contribution in [3.8, 4) is 0 Å². The van der Waals surface area contributed by atoms with Gasteiger partial charge in [0, 0.05) is 6.42 Å². The fourth-order valence-corrected chi connectivity index (χ4v) is 3.58. The normalized spacial score (nSPS) is 19.3. The maximum absolute atomic E-state index is 13.0. The van der Waals surface area contributed by atoms with Gasteiger partial charge in [0.15, 0.2) is 0 Å². The molecule has 0 aromatic heterocycles. The third kappa shape index (κ3) is 7.33. The van der Waals surface area contributed by atoms with E-state index in [4.69, 9.17) is 0 Å². The van der Waals surface area contributed by atoms with Crippen molar-refractivity contribution < 1.29 is 24.3 Å². The minimum atomic E-state index is -1.15. The standard InChI is InChI=1S/C23H34N4O5/c1-4-14(2)19(27-20(28)15(3)25-21(29)17-11-8-12-24-17)22(30)26-18(23(31)32)13-16-9-6-5-7-10-16/h5-7,9-10,14-15,17-19,24H,4,8,11-13H2,1-3H3,(H,25,29)(H,26,30)(H,27,28)(H,31,32). The lowest BCUT2D eigenvalue weighted by Gasteiger charge is -2.27. The number of rotatable bonds is 11. The Morgan fingerprint density at radius 3 is 2.31 bits per heavy atom. The van der Waals surface area contributed by atoms with Crippen molar-refractivity contribution in [1.29, 1.82) is 0 Å². The number of carboxylic acid groups (broad SMARTS) is 1. The molecule has 1 aliphatic rings. The summed E-state index contributed by atoms with van der Waals surface area (Å²) in [4.78, 5) is 49.6. The predicted molar refractivity (Wildman–Crippen MR) is 120 cm³/mol. The van der Waals surface area contributed by atoms with E-state index in [1.54, 1.807) is 31.2 Å². The van der Waals surface area contributed by atoms with Crippen molar-refractivity contribution in [2.45, 2.75) is 70.6 Å². The second kappa shape index (κ2) is 12.2. The first-order valence-electron chi connectivity index (χ1n) is 11.1. The molecule has 5 atom stereocenters. The Morgan fingerprint density at radius 1 is 1.06 bits per heavy atom. The van der Waals surface area contributed by atoms with Crippen LogP contribution in [0.1, 0.15) is 45.6 Å². The topological polar surface area (TPSA) is 137 Å². The van der Waals surface area contributed by atoms with Gasteiger partial charge in [-0.25, -0.2) is 4.79 Å². The van der Waals surface area contributed by atoms with Gasteiger partial charge in [-0.2, -0.15) is 0 Å². The van der Waals surface area contributed by atoms with E-state index in [9.17, 15) is 24.3 Å². The number of hydrogen-bond acceptors (Lipinski definition) is 5. The molecule has 1 saturated heterocycles. The molecule has 0 aliphatic carbocycles. The Hall–Kier alpha value is -2.94. The van der Waals surface area contributed by atoms with Crippen LogP contribution < -0.4 is 21.3 Å². The lowest BCUT2D eigenvalue weighted by molar-refractivity contribution is -0.142. The molecule has 5 unspecified atom stereocenters. The number of aliphatic carboxylic acids is 1. The maximum Gasteiger partial charge on any atom is 0.326 e. The van der Waals surface area contributed by atoms with E-state index in [0.29, 0.717) is 6.42 Å². The van der Waals surface area contributed by atoms with Gasteiger partial charge in [0.05, 0.1) is 6.04 Å². The fraction of sp³-hybridized carbons (Fsp3) is 0.565. The highest BCUT2D eigenvalue weighted by molar-refractivity contribution is 5.94. The zero-order chi connectivity index (χ0) is 23.7. The second-order valence-corrected chi connectivity index (χ2v) is 8.34. The molecule has 1 heterocycles. The molecule has 9 heteroatoms. The van der Waals surface area contributed by atoms with Crippen LogP contribution >= 0.6 is 0 Å². The summed E-state index contributed by atoms with van der Waals surface area (Å²) in [5, 5.41) is 20.6. The van der Waals surface area contributed by atoms with Crippen LogP contribution in [0.5, 0.6) is 0 Å². The monoisotopic (exact) mass is 446 g/mol. The number of hydrogen-bond donors (Lipinski definition) is 5. The third-order valence-corrected chi connectivity index (χ3v) is 5.82. The van der Waals surface area contributed by atoms with Crippen molar-refractivity contribution >= 4 is 23.7 Å². The minimum absolute atomic E-state index is 0.129. The average Bonchev–Trinajstić information content (AvgIpc) is 3.32. The highest BCUT2D eigenvalue weighted by Gasteiger charge is 2.32. The number of carboxylic acids is 1. The summed E-state index contributed by atoms with van der Waals surface area (Å²) >= 11 is 0. The molecule has 9 nitrogen and oxygen atoms in total. The van der Waals surface area contributed by atoms with Gasteiger partial charge in [-0.3, -0.25) is 14.4 Å². The van der Waals surface area contributed by atoms with E-state index in [1.165, 1.54) is 0 Å². The summed E-state index contributed by atoms with van der Waals surface area (Å²) in [5.41, 5.74) is 0.779. The van der Waals surface area contributed by atoms with E-state index >= 15 is 0 Å². The summed E-state index contributed by atoms with van der Waals surface area (Å²) in [6.07, 6.45) is 2.35. The zero-order valence-corrected chi connectivity index (χ0v) is 18.9. The molecule has 5 N–H and O–H groups in total. The molecule has 1 aromatic rings. The number of carbonyl (C=O) groups excluding carboxylic acids is 3. The first-order valence-corrected chi connectivity index (χ1v) is 11.1. The van der Waals surface area contributed by atoms with Crippen molar-refractivity contribution in [3.05, 3.63) is 35.9 Å². The highest BCUT2D eigenvalue weighted by Crippen LogP contribution is 2.11. The van der Waals surface area contributed by atoms with Gasteiger partial charge in [0.1, 0.15) is 18.1 Å². The molecule has 3 amide bonds. The Morgan fingerprint density at radius 2 is 1.75 bits per heavy atom.